The average Bonchev–Trinajstić information content (AvgIpc) is 2.81. The summed E-state index contributed by atoms with van der Waals surface area (Å²) in [5.41, 5.74) is 8.93. The van der Waals surface area contributed by atoms with Gasteiger partial charge in [0, 0.05) is 13.0 Å². The van der Waals surface area contributed by atoms with Crippen LogP contribution >= 0.6 is 0 Å². The summed E-state index contributed by atoms with van der Waals surface area (Å²) in [4.78, 5) is 4.12. The molecular weight excluding hydrogens is 230 g/mol. The first kappa shape index (κ1) is 12.7. The van der Waals surface area contributed by atoms with Crippen molar-refractivity contribution in [1.29, 1.82) is 0 Å². The maximum absolute atomic E-state index is 9.47. The van der Waals surface area contributed by atoms with Crippen molar-refractivity contribution in [1.82, 2.24) is 10.1 Å². The van der Waals surface area contributed by atoms with E-state index in [1.165, 1.54) is 11.1 Å². The van der Waals surface area contributed by atoms with Crippen molar-refractivity contribution in [2.75, 3.05) is 6.54 Å². The summed E-state index contributed by atoms with van der Waals surface area (Å²) in [6.45, 7) is 4.22. The third-order valence-corrected chi connectivity index (χ3v) is 2.93. The van der Waals surface area contributed by atoms with Gasteiger partial charge in [0.25, 0.3) is 5.89 Å². The van der Waals surface area contributed by atoms with Crippen molar-refractivity contribution < 1.29 is 9.63 Å². The van der Waals surface area contributed by atoms with Crippen LogP contribution in [0, 0.1) is 13.8 Å². The Morgan fingerprint density at radius 1 is 1.33 bits per heavy atom. The van der Waals surface area contributed by atoms with E-state index in [0.29, 0.717) is 12.2 Å². The van der Waals surface area contributed by atoms with Crippen molar-refractivity contribution >= 4 is 0 Å². The molecule has 18 heavy (non-hydrogen) atoms. The van der Waals surface area contributed by atoms with E-state index in [4.69, 9.17) is 10.3 Å². The van der Waals surface area contributed by atoms with Gasteiger partial charge in [0.1, 0.15) is 6.10 Å². The first-order valence-electron chi connectivity index (χ1n) is 5.87. The summed E-state index contributed by atoms with van der Waals surface area (Å²) in [6.07, 6.45) is -0.298. The third kappa shape index (κ3) is 2.75. The van der Waals surface area contributed by atoms with E-state index in [2.05, 4.69) is 36.1 Å². The van der Waals surface area contributed by atoms with E-state index in [1.54, 1.807) is 0 Å². The van der Waals surface area contributed by atoms with Gasteiger partial charge >= 0.3 is 0 Å². The molecular formula is C13H17N3O2. The van der Waals surface area contributed by atoms with E-state index < -0.39 is 6.10 Å². The number of aliphatic hydroxyl groups is 1. The predicted molar refractivity (Wildman–Crippen MR) is 67.0 cm³/mol. The fourth-order valence-electron chi connectivity index (χ4n) is 1.67. The van der Waals surface area contributed by atoms with Gasteiger partial charge < -0.3 is 15.4 Å². The molecule has 0 spiro atoms. The van der Waals surface area contributed by atoms with Crippen LogP contribution in [-0.4, -0.2) is 21.8 Å². The molecule has 5 nitrogen and oxygen atoms in total. The first-order chi connectivity index (χ1) is 8.60. The first-order valence-corrected chi connectivity index (χ1v) is 5.87. The summed E-state index contributed by atoms with van der Waals surface area (Å²) >= 11 is 0. The van der Waals surface area contributed by atoms with Crippen LogP contribution in [0.5, 0.6) is 0 Å². The van der Waals surface area contributed by atoms with Crippen molar-refractivity contribution in [2.45, 2.75) is 26.4 Å². The second-order valence-corrected chi connectivity index (χ2v) is 4.40. The molecule has 1 atom stereocenters. The Labute approximate surface area is 106 Å². The van der Waals surface area contributed by atoms with E-state index in [0.717, 1.165) is 5.56 Å². The van der Waals surface area contributed by atoms with E-state index >= 15 is 0 Å². The number of nitrogens with two attached hydrogens (primary N) is 1. The van der Waals surface area contributed by atoms with Gasteiger partial charge in [-0.3, -0.25) is 0 Å². The minimum atomic E-state index is -0.883. The summed E-state index contributed by atoms with van der Waals surface area (Å²) in [7, 11) is 0. The molecule has 5 heteroatoms. The lowest BCUT2D eigenvalue weighted by molar-refractivity contribution is 0.141. The maximum Gasteiger partial charge on any atom is 0.256 e. The zero-order chi connectivity index (χ0) is 13.1. The minimum absolute atomic E-state index is 0.0747. The molecule has 0 saturated heterocycles. The number of rotatable bonds is 4. The van der Waals surface area contributed by atoms with Gasteiger partial charge in [0.05, 0.1) is 0 Å². The molecule has 0 fully saturated rings. The normalized spacial score (nSPS) is 12.7. The molecule has 1 heterocycles. The Bertz CT molecular complexity index is 537. The molecule has 2 rings (SSSR count). The summed E-state index contributed by atoms with van der Waals surface area (Å²) < 4.78 is 4.95. The summed E-state index contributed by atoms with van der Waals surface area (Å²) in [6, 6.07) is 6.21. The summed E-state index contributed by atoms with van der Waals surface area (Å²) in [5, 5.41) is 13.3. The van der Waals surface area contributed by atoms with Crippen LogP contribution in [-0.2, 0) is 6.42 Å². The molecule has 1 aromatic heterocycles. The number of hydrogen-bond donors (Lipinski definition) is 2. The largest absolute Gasteiger partial charge is 0.382 e. The highest BCUT2D eigenvalue weighted by atomic mass is 16.5. The molecule has 0 bridgehead atoms. The smallest absolute Gasteiger partial charge is 0.256 e. The molecule has 0 saturated carbocycles. The lowest BCUT2D eigenvalue weighted by Gasteiger charge is -2.02. The minimum Gasteiger partial charge on any atom is -0.382 e. The Hall–Kier alpha value is -1.72. The Morgan fingerprint density at radius 3 is 2.78 bits per heavy atom. The Kier molecular flexibility index (Phi) is 3.74. The zero-order valence-electron chi connectivity index (χ0n) is 10.6. The van der Waals surface area contributed by atoms with Gasteiger partial charge in [-0.2, -0.15) is 4.98 Å². The monoisotopic (exact) mass is 247 g/mol. The lowest BCUT2D eigenvalue weighted by atomic mass is 10.0. The fraction of sp³-hybridized carbons (Fsp3) is 0.385. The van der Waals surface area contributed by atoms with Crippen molar-refractivity contribution in [3.8, 4) is 0 Å². The molecule has 96 valence electrons. The van der Waals surface area contributed by atoms with Gasteiger partial charge in [-0.05, 0) is 30.5 Å². The number of hydrogen-bond acceptors (Lipinski definition) is 5. The number of nitrogens with zero attached hydrogens (tertiary/aromatic N) is 2. The van der Waals surface area contributed by atoms with Gasteiger partial charge in [-0.1, -0.05) is 23.4 Å². The van der Waals surface area contributed by atoms with Gasteiger partial charge in [-0.25, -0.2) is 0 Å². The predicted octanol–water partition coefficient (Wildman–Crippen LogP) is 1.27. The van der Waals surface area contributed by atoms with Crippen LogP contribution < -0.4 is 5.73 Å². The highest BCUT2D eigenvalue weighted by Gasteiger charge is 2.14. The van der Waals surface area contributed by atoms with Crippen LogP contribution in [0.15, 0.2) is 22.7 Å². The van der Waals surface area contributed by atoms with E-state index in [1.807, 2.05) is 6.07 Å². The van der Waals surface area contributed by atoms with Crippen LogP contribution in [0.1, 0.15) is 34.5 Å². The second kappa shape index (κ2) is 5.29. The lowest BCUT2D eigenvalue weighted by Crippen LogP contribution is -2.11. The van der Waals surface area contributed by atoms with Crippen LogP contribution in [0.25, 0.3) is 0 Å². The number of benzene rings is 1. The Morgan fingerprint density at radius 2 is 2.11 bits per heavy atom. The molecule has 0 aliphatic rings. The quantitative estimate of drug-likeness (QED) is 0.849. The van der Waals surface area contributed by atoms with Crippen molar-refractivity contribution in [3.63, 3.8) is 0 Å². The SMILES string of the molecule is Cc1ccc(Cc2noc([C@@H](O)CN)n2)cc1C. The fourth-order valence-corrected chi connectivity index (χ4v) is 1.67. The Balaban J connectivity index is 2.13. The van der Waals surface area contributed by atoms with Crippen molar-refractivity contribution in [2.24, 2.45) is 5.73 Å². The van der Waals surface area contributed by atoms with E-state index in [9.17, 15) is 5.11 Å². The van der Waals surface area contributed by atoms with Crippen LogP contribution in [0.3, 0.4) is 0 Å². The highest BCUT2D eigenvalue weighted by molar-refractivity contribution is 5.31. The zero-order valence-corrected chi connectivity index (χ0v) is 10.6. The molecule has 0 aliphatic heterocycles. The van der Waals surface area contributed by atoms with Crippen LogP contribution in [0.2, 0.25) is 0 Å². The highest BCUT2D eigenvalue weighted by Crippen LogP contribution is 2.14. The summed E-state index contributed by atoms with van der Waals surface area (Å²) in [5.74, 6) is 0.733. The van der Waals surface area contributed by atoms with Gasteiger partial charge in [0.2, 0.25) is 0 Å². The number of aliphatic hydroxyl groups excluding tert-OH is 1. The van der Waals surface area contributed by atoms with Gasteiger partial charge in [0.15, 0.2) is 5.82 Å². The molecule has 0 amide bonds. The number of aromatic nitrogens is 2. The topological polar surface area (TPSA) is 85.2 Å². The average molecular weight is 247 g/mol. The molecule has 3 N–H and O–H groups in total. The third-order valence-electron chi connectivity index (χ3n) is 2.93. The molecule has 0 unspecified atom stereocenters. The molecule has 2 aromatic rings. The second-order valence-electron chi connectivity index (χ2n) is 4.40. The number of aryl methyl sites for hydroxylation is 2. The standard InChI is InChI=1S/C13H17N3O2/c1-8-3-4-10(5-9(8)2)6-12-15-13(18-16-12)11(17)7-14/h3-5,11,17H,6-7,14H2,1-2H3/t11-/m0/s1. The van der Waals surface area contributed by atoms with Gasteiger partial charge in [-0.15, -0.1) is 0 Å². The molecule has 1 aromatic carbocycles. The van der Waals surface area contributed by atoms with E-state index in [-0.39, 0.29) is 12.4 Å². The molecule has 0 aliphatic carbocycles. The maximum atomic E-state index is 9.47. The van der Waals surface area contributed by atoms with Crippen LogP contribution in [0.4, 0.5) is 0 Å². The van der Waals surface area contributed by atoms with Crippen molar-refractivity contribution in [3.05, 3.63) is 46.6 Å². The molecule has 0 radical (unpaired) electrons.